The molecule has 0 amide bonds. The number of benzene rings is 2. The fourth-order valence-corrected chi connectivity index (χ4v) is 5.59. The lowest BCUT2D eigenvalue weighted by molar-refractivity contribution is -0.233. The highest BCUT2D eigenvalue weighted by atomic mass is 32.2. The Morgan fingerprint density at radius 1 is 0.929 bits per heavy atom. The zero-order valence-corrected chi connectivity index (χ0v) is 26.2. The van der Waals surface area contributed by atoms with Gasteiger partial charge in [0, 0.05) is 27.4 Å². The van der Waals surface area contributed by atoms with Gasteiger partial charge in [-0.1, -0.05) is 68.5 Å². The van der Waals surface area contributed by atoms with E-state index in [1.165, 1.54) is 32.5 Å². The number of allylic oxidation sites excluding steroid dienone is 1. The van der Waals surface area contributed by atoms with E-state index in [9.17, 15) is 19.5 Å². The van der Waals surface area contributed by atoms with Gasteiger partial charge in [0.25, 0.3) is 0 Å². The normalized spacial score (nSPS) is 23.7. The third kappa shape index (κ3) is 8.93. The molecule has 2 aromatic carbocycles. The lowest BCUT2D eigenvalue weighted by Crippen LogP contribution is -2.57. The summed E-state index contributed by atoms with van der Waals surface area (Å²) >= 11 is 1.32. The van der Waals surface area contributed by atoms with Gasteiger partial charge >= 0.3 is 17.9 Å². The maximum Gasteiger partial charge on any atom is 0.303 e. The summed E-state index contributed by atoms with van der Waals surface area (Å²) in [4.78, 5) is 36.2. The molecule has 0 radical (unpaired) electrons. The molecular weight excluding hydrogens is 556 g/mol. The first kappa shape index (κ1) is 33.4. The molecular formula is C33H42O8S. The van der Waals surface area contributed by atoms with Crippen molar-refractivity contribution < 1.29 is 38.4 Å². The molecule has 1 saturated heterocycles. The summed E-state index contributed by atoms with van der Waals surface area (Å²) in [7, 11) is 0. The van der Waals surface area contributed by atoms with Crippen LogP contribution < -0.4 is 0 Å². The number of carbonyl (C=O) groups excluding carboxylic acids is 3. The van der Waals surface area contributed by atoms with Crippen molar-refractivity contribution in [3.63, 3.8) is 0 Å². The summed E-state index contributed by atoms with van der Waals surface area (Å²) in [6, 6.07) is 14.3. The number of esters is 3. The van der Waals surface area contributed by atoms with Crippen molar-refractivity contribution in [2.45, 2.75) is 77.8 Å². The van der Waals surface area contributed by atoms with Gasteiger partial charge in [-0.15, -0.1) is 11.8 Å². The van der Waals surface area contributed by atoms with Crippen LogP contribution in [-0.4, -0.2) is 59.6 Å². The first-order valence-electron chi connectivity index (χ1n) is 14.1. The standard InChI is InChI=1S/C33H42O8S/c1-19(21(3)18-34)8-10-25-11-13-26(14-12-25)16-28-17-27(15-9-20(28)2)29-30(38-22(4)35)31(39-23(5)36)32(40-24(6)37)33(41-29)42-7/h8-15,17,19,21,29-34H,16,18H2,1-7H3/b10-8+/t19?,21?,29-,30-,31+,32-,33+/m0/s1. The molecule has 1 fully saturated rings. The average Bonchev–Trinajstić information content (AvgIpc) is 2.94. The molecule has 42 heavy (non-hydrogen) atoms. The summed E-state index contributed by atoms with van der Waals surface area (Å²) in [5.41, 5.74) is 4.46. The number of hydrogen-bond donors (Lipinski definition) is 1. The molecule has 0 spiro atoms. The van der Waals surface area contributed by atoms with Gasteiger partial charge in [-0.05, 0) is 59.3 Å². The number of aliphatic hydroxyl groups excluding tert-OH is 1. The fraction of sp³-hybridized carbons (Fsp3) is 0.485. The quantitative estimate of drug-likeness (QED) is 0.268. The molecule has 1 aliphatic rings. The van der Waals surface area contributed by atoms with Crippen LogP contribution in [0.5, 0.6) is 0 Å². The monoisotopic (exact) mass is 598 g/mol. The van der Waals surface area contributed by atoms with Gasteiger partial charge < -0.3 is 24.1 Å². The summed E-state index contributed by atoms with van der Waals surface area (Å²) in [5, 5.41) is 9.37. The largest absolute Gasteiger partial charge is 0.455 e. The number of rotatable bonds is 11. The predicted octanol–water partition coefficient (Wildman–Crippen LogP) is 5.42. The number of hydrogen-bond acceptors (Lipinski definition) is 9. The molecule has 3 rings (SSSR count). The smallest absolute Gasteiger partial charge is 0.303 e. The van der Waals surface area contributed by atoms with Crippen LogP contribution >= 0.6 is 11.8 Å². The molecule has 228 valence electrons. The van der Waals surface area contributed by atoms with E-state index in [1.807, 2.05) is 38.3 Å². The van der Waals surface area contributed by atoms with Gasteiger partial charge in [-0.25, -0.2) is 0 Å². The van der Waals surface area contributed by atoms with Crippen molar-refractivity contribution in [1.29, 1.82) is 0 Å². The van der Waals surface area contributed by atoms with Crippen molar-refractivity contribution in [1.82, 2.24) is 0 Å². The first-order chi connectivity index (χ1) is 19.9. The Labute approximate surface area is 252 Å². The van der Waals surface area contributed by atoms with Crippen molar-refractivity contribution in [2.24, 2.45) is 11.8 Å². The molecule has 1 heterocycles. The minimum absolute atomic E-state index is 0.158. The second-order valence-electron chi connectivity index (χ2n) is 10.9. The number of carbonyl (C=O) groups is 3. The lowest BCUT2D eigenvalue weighted by Gasteiger charge is -2.44. The minimum Gasteiger partial charge on any atom is -0.455 e. The maximum atomic E-state index is 12.2. The van der Waals surface area contributed by atoms with Crippen molar-refractivity contribution in [3.05, 3.63) is 76.4 Å². The van der Waals surface area contributed by atoms with Crippen molar-refractivity contribution in [2.75, 3.05) is 12.9 Å². The number of ether oxygens (including phenoxy) is 4. The second kappa shape index (κ2) is 15.4. The molecule has 2 aromatic rings. The average molecular weight is 599 g/mol. The van der Waals surface area contributed by atoms with E-state index < -0.39 is 47.8 Å². The van der Waals surface area contributed by atoms with Gasteiger partial charge in [-0.2, -0.15) is 0 Å². The van der Waals surface area contributed by atoms with E-state index in [0.717, 1.165) is 27.8 Å². The van der Waals surface area contributed by atoms with Gasteiger partial charge in [0.05, 0.1) is 0 Å². The van der Waals surface area contributed by atoms with Crippen LogP contribution in [0, 0.1) is 18.8 Å². The minimum atomic E-state index is -1.06. The zero-order chi connectivity index (χ0) is 31.0. The lowest BCUT2D eigenvalue weighted by atomic mass is 9.90. The Kier molecular flexibility index (Phi) is 12.2. The third-order valence-corrected chi connectivity index (χ3v) is 8.33. The highest BCUT2D eigenvalue weighted by Crippen LogP contribution is 2.40. The van der Waals surface area contributed by atoms with E-state index in [0.29, 0.717) is 6.42 Å². The van der Waals surface area contributed by atoms with E-state index in [-0.39, 0.29) is 18.4 Å². The van der Waals surface area contributed by atoms with E-state index >= 15 is 0 Å². The molecule has 8 nitrogen and oxygen atoms in total. The number of aliphatic hydroxyl groups is 1. The highest BCUT2D eigenvalue weighted by Gasteiger charge is 2.52. The topological polar surface area (TPSA) is 108 Å². The Morgan fingerprint density at radius 2 is 1.52 bits per heavy atom. The molecule has 7 atom stereocenters. The summed E-state index contributed by atoms with van der Waals surface area (Å²) in [6.07, 6.45) is 2.85. The van der Waals surface area contributed by atoms with Crippen LogP contribution in [0.15, 0.2) is 48.5 Å². The third-order valence-electron chi connectivity index (χ3n) is 7.49. The van der Waals surface area contributed by atoms with Crippen LogP contribution in [0.3, 0.4) is 0 Å². The molecule has 0 saturated carbocycles. The van der Waals surface area contributed by atoms with Crippen molar-refractivity contribution in [3.8, 4) is 0 Å². The SMILES string of the molecule is CS[C@H]1O[C@@H](c2ccc(C)c(Cc3ccc(/C=C/C(C)C(C)CO)cc3)c2)[C@H](OC(C)=O)[C@@H](OC(C)=O)[C@@H]1OC(C)=O. The van der Waals surface area contributed by atoms with Gasteiger partial charge in [0.15, 0.2) is 18.3 Å². The summed E-state index contributed by atoms with van der Waals surface area (Å²) in [5.74, 6) is -1.25. The van der Waals surface area contributed by atoms with Crippen LogP contribution in [0.1, 0.15) is 68.5 Å². The van der Waals surface area contributed by atoms with Gasteiger partial charge in [0.1, 0.15) is 11.5 Å². The summed E-state index contributed by atoms with van der Waals surface area (Å²) in [6.45, 7) is 10.1. The molecule has 0 aromatic heterocycles. The molecule has 9 heteroatoms. The Bertz CT molecular complexity index is 1260. The maximum absolute atomic E-state index is 12.2. The van der Waals surface area contributed by atoms with Crippen molar-refractivity contribution >= 4 is 35.7 Å². The Morgan fingerprint density at radius 3 is 2.10 bits per heavy atom. The highest BCUT2D eigenvalue weighted by molar-refractivity contribution is 7.99. The first-order valence-corrected chi connectivity index (χ1v) is 15.4. The van der Waals surface area contributed by atoms with E-state index in [4.69, 9.17) is 18.9 Å². The zero-order valence-electron chi connectivity index (χ0n) is 25.4. The number of aryl methyl sites for hydroxylation is 1. The molecule has 0 bridgehead atoms. The van der Waals surface area contributed by atoms with Crippen LogP contribution in [0.2, 0.25) is 0 Å². The van der Waals surface area contributed by atoms with E-state index in [1.54, 1.807) is 0 Å². The summed E-state index contributed by atoms with van der Waals surface area (Å²) < 4.78 is 23.2. The van der Waals surface area contributed by atoms with Crippen LogP contribution in [0.4, 0.5) is 0 Å². The Balaban J connectivity index is 1.91. The fourth-order valence-electron chi connectivity index (χ4n) is 4.88. The van der Waals surface area contributed by atoms with Crippen LogP contribution in [0.25, 0.3) is 6.08 Å². The van der Waals surface area contributed by atoms with Gasteiger partial charge in [-0.3, -0.25) is 14.4 Å². The van der Waals surface area contributed by atoms with Gasteiger partial charge in [0.2, 0.25) is 0 Å². The molecule has 2 unspecified atom stereocenters. The number of thioether (sulfide) groups is 1. The Hall–Kier alpha value is -3.14. The predicted molar refractivity (Wildman–Crippen MR) is 163 cm³/mol. The molecule has 1 N–H and O–H groups in total. The van der Waals surface area contributed by atoms with E-state index in [2.05, 4.69) is 43.3 Å². The second-order valence-corrected chi connectivity index (χ2v) is 11.8. The van der Waals surface area contributed by atoms with Crippen LogP contribution in [-0.2, 0) is 39.8 Å². The molecule has 1 aliphatic heterocycles. The molecule has 0 aliphatic carbocycles.